The molecule has 0 bridgehead atoms. The van der Waals surface area contributed by atoms with E-state index in [1.165, 1.54) is 30.0 Å². The number of fused-ring (bicyclic) bond motifs is 1. The Kier molecular flexibility index (Phi) is 8.33. The molecule has 2 unspecified atom stereocenters. The van der Waals surface area contributed by atoms with Crippen LogP contribution in [0.25, 0.3) is 5.69 Å². The number of carbonyl (C=O) groups is 3. The van der Waals surface area contributed by atoms with Gasteiger partial charge in [0.25, 0.3) is 5.91 Å². The lowest BCUT2D eigenvalue weighted by atomic mass is 9.88. The molecule has 4 rings (SSSR count). The molecule has 2 atom stereocenters. The molecule has 37 heavy (non-hydrogen) atoms. The van der Waals surface area contributed by atoms with E-state index < -0.39 is 23.9 Å². The van der Waals surface area contributed by atoms with Crippen LogP contribution in [-0.2, 0) is 27.1 Å². The highest BCUT2D eigenvalue weighted by Gasteiger charge is 2.30. The van der Waals surface area contributed by atoms with Gasteiger partial charge in [0.2, 0.25) is 0 Å². The first-order chi connectivity index (χ1) is 17.7. The summed E-state index contributed by atoms with van der Waals surface area (Å²) >= 11 is 2.87. The SMILES string of the molecule is CCOC(=O)c1c(NC(=O)C(C)OC(=O)c2ccc(-n3c(C)nnc3SC)cc2)sc2c1CCC(C)C2. The molecule has 9 nitrogen and oxygen atoms in total. The number of aryl methyl sites for hydroxylation is 1. The lowest BCUT2D eigenvalue weighted by Crippen LogP contribution is -2.30. The minimum Gasteiger partial charge on any atom is -0.462 e. The molecule has 0 spiro atoms. The molecule has 196 valence electrons. The van der Waals surface area contributed by atoms with Crippen LogP contribution in [0.5, 0.6) is 0 Å². The van der Waals surface area contributed by atoms with Gasteiger partial charge in [-0.15, -0.1) is 21.5 Å². The van der Waals surface area contributed by atoms with Crippen LogP contribution < -0.4 is 5.32 Å². The molecule has 0 fully saturated rings. The van der Waals surface area contributed by atoms with E-state index in [0.717, 1.165) is 46.4 Å². The van der Waals surface area contributed by atoms with Crippen LogP contribution in [0.2, 0.25) is 0 Å². The predicted molar refractivity (Wildman–Crippen MR) is 143 cm³/mol. The molecule has 0 aliphatic heterocycles. The zero-order valence-corrected chi connectivity index (χ0v) is 23.1. The summed E-state index contributed by atoms with van der Waals surface area (Å²) in [5.41, 5.74) is 2.50. The molecule has 0 saturated carbocycles. The van der Waals surface area contributed by atoms with Gasteiger partial charge in [-0.1, -0.05) is 18.7 Å². The summed E-state index contributed by atoms with van der Waals surface area (Å²) in [5.74, 6) is -0.326. The highest BCUT2D eigenvalue weighted by atomic mass is 32.2. The number of ether oxygens (including phenoxy) is 2. The van der Waals surface area contributed by atoms with Crippen molar-refractivity contribution < 1.29 is 23.9 Å². The molecule has 1 amide bonds. The second-order valence-corrected chi connectivity index (χ2v) is 10.8. The Labute approximate surface area is 224 Å². The van der Waals surface area contributed by atoms with Gasteiger partial charge in [0.05, 0.1) is 17.7 Å². The second kappa shape index (κ2) is 11.5. The Morgan fingerprint density at radius 2 is 1.95 bits per heavy atom. The largest absolute Gasteiger partial charge is 0.462 e. The highest BCUT2D eigenvalue weighted by Crippen LogP contribution is 2.40. The van der Waals surface area contributed by atoms with E-state index in [0.29, 0.717) is 22.0 Å². The summed E-state index contributed by atoms with van der Waals surface area (Å²) in [5, 5.41) is 12.2. The fourth-order valence-electron chi connectivity index (χ4n) is 4.27. The van der Waals surface area contributed by atoms with Crippen LogP contribution in [0.4, 0.5) is 5.00 Å². The Morgan fingerprint density at radius 3 is 2.62 bits per heavy atom. The van der Waals surface area contributed by atoms with E-state index in [-0.39, 0.29) is 6.61 Å². The van der Waals surface area contributed by atoms with E-state index in [9.17, 15) is 14.4 Å². The number of nitrogens with zero attached hydrogens (tertiary/aromatic N) is 3. The maximum absolute atomic E-state index is 13.0. The van der Waals surface area contributed by atoms with Crippen molar-refractivity contribution in [3.63, 3.8) is 0 Å². The first kappa shape index (κ1) is 26.9. The van der Waals surface area contributed by atoms with Crippen LogP contribution in [0, 0.1) is 12.8 Å². The molecule has 1 aliphatic carbocycles. The first-order valence-corrected chi connectivity index (χ1v) is 14.2. The molecular weight excluding hydrogens is 512 g/mol. The lowest BCUT2D eigenvalue weighted by molar-refractivity contribution is -0.123. The maximum Gasteiger partial charge on any atom is 0.341 e. The van der Waals surface area contributed by atoms with Gasteiger partial charge < -0.3 is 14.8 Å². The number of carbonyl (C=O) groups excluding carboxylic acids is 3. The number of amides is 1. The fraction of sp³-hybridized carbons (Fsp3) is 0.423. The summed E-state index contributed by atoms with van der Waals surface area (Å²) in [7, 11) is 0. The molecule has 1 aliphatic rings. The number of hydrogen-bond donors (Lipinski definition) is 1. The second-order valence-electron chi connectivity index (χ2n) is 8.93. The number of rotatable bonds is 8. The average molecular weight is 543 g/mol. The average Bonchev–Trinajstić information content (AvgIpc) is 3.43. The molecule has 1 N–H and O–H groups in total. The number of esters is 2. The topological polar surface area (TPSA) is 112 Å². The number of hydrogen-bond acceptors (Lipinski definition) is 9. The van der Waals surface area contributed by atoms with Crippen molar-refractivity contribution in [1.82, 2.24) is 14.8 Å². The smallest absolute Gasteiger partial charge is 0.341 e. The summed E-state index contributed by atoms with van der Waals surface area (Å²) in [4.78, 5) is 39.5. The lowest BCUT2D eigenvalue weighted by Gasteiger charge is -2.18. The van der Waals surface area contributed by atoms with Gasteiger partial charge in [-0.2, -0.15) is 0 Å². The van der Waals surface area contributed by atoms with E-state index >= 15 is 0 Å². The van der Waals surface area contributed by atoms with E-state index in [4.69, 9.17) is 9.47 Å². The van der Waals surface area contributed by atoms with Gasteiger partial charge >= 0.3 is 11.9 Å². The van der Waals surface area contributed by atoms with Crippen LogP contribution in [0.15, 0.2) is 29.4 Å². The fourth-order valence-corrected chi connectivity index (χ4v) is 6.22. The molecular formula is C26H30N4O5S2. The zero-order chi connectivity index (χ0) is 26.7. The number of thioether (sulfide) groups is 1. The molecule has 1 aromatic carbocycles. The quantitative estimate of drug-likeness (QED) is 0.318. The predicted octanol–water partition coefficient (Wildman–Crippen LogP) is 4.84. The number of aromatic nitrogens is 3. The number of thiophene rings is 1. The van der Waals surface area contributed by atoms with Crippen molar-refractivity contribution in [3.05, 3.63) is 51.7 Å². The van der Waals surface area contributed by atoms with Gasteiger partial charge in [0.15, 0.2) is 11.3 Å². The van der Waals surface area contributed by atoms with E-state index in [1.54, 1.807) is 31.2 Å². The van der Waals surface area contributed by atoms with Crippen molar-refractivity contribution in [1.29, 1.82) is 0 Å². The molecule has 11 heteroatoms. The third-order valence-corrected chi connectivity index (χ3v) is 8.02. The summed E-state index contributed by atoms with van der Waals surface area (Å²) in [6.45, 7) is 7.53. The van der Waals surface area contributed by atoms with E-state index in [2.05, 4.69) is 22.4 Å². The van der Waals surface area contributed by atoms with Gasteiger partial charge in [0.1, 0.15) is 10.8 Å². The molecule has 0 saturated heterocycles. The Bertz CT molecular complexity index is 1320. The molecule has 3 aromatic rings. The zero-order valence-electron chi connectivity index (χ0n) is 21.5. The van der Waals surface area contributed by atoms with Crippen molar-refractivity contribution >= 4 is 45.9 Å². The van der Waals surface area contributed by atoms with Crippen molar-refractivity contribution in [2.75, 3.05) is 18.2 Å². The van der Waals surface area contributed by atoms with Crippen LogP contribution in [0.1, 0.15) is 64.2 Å². The van der Waals surface area contributed by atoms with Crippen molar-refractivity contribution in [2.24, 2.45) is 5.92 Å². The van der Waals surface area contributed by atoms with E-state index in [1.807, 2.05) is 17.7 Å². The number of anilines is 1. The normalized spacial score (nSPS) is 15.5. The van der Waals surface area contributed by atoms with Crippen LogP contribution in [-0.4, -0.2) is 51.6 Å². The Balaban J connectivity index is 1.46. The van der Waals surface area contributed by atoms with Gasteiger partial charge in [0, 0.05) is 10.6 Å². The maximum atomic E-state index is 13.0. The minimum atomic E-state index is -1.07. The third kappa shape index (κ3) is 5.72. The van der Waals surface area contributed by atoms with Crippen molar-refractivity contribution in [3.8, 4) is 5.69 Å². The Hall–Kier alpha value is -3.18. The standard InChI is InChI=1S/C26H30N4O5S2/c1-6-34-25(33)21-19-12-7-14(2)13-20(19)37-23(21)27-22(31)15(3)35-24(32)17-8-10-18(11-9-17)30-16(4)28-29-26(30)36-5/h8-11,14-15H,6-7,12-13H2,1-5H3,(H,27,31). The van der Waals surface area contributed by atoms with Gasteiger partial charge in [-0.25, -0.2) is 9.59 Å². The number of nitrogens with one attached hydrogen (secondary N) is 1. The summed E-state index contributed by atoms with van der Waals surface area (Å²) < 4.78 is 12.6. The van der Waals surface area contributed by atoms with Gasteiger partial charge in [-0.05, 0) is 82.0 Å². The highest BCUT2D eigenvalue weighted by molar-refractivity contribution is 7.98. The van der Waals surface area contributed by atoms with Crippen molar-refractivity contribution in [2.45, 2.75) is 58.2 Å². The molecule has 2 heterocycles. The third-order valence-electron chi connectivity index (χ3n) is 6.22. The van der Waals surface area contributed by atoms with Gasteiger partial charge in [-0.3, -0.25) is 9.36 Å². The minimum absolute atomic E-state index is 0.246. The van der Waals surface area contributed by atoms with Crippen LogP contribution >= 0.6 is 23.1 Å². The molecule has 0 radical (unpaired) electrons. The summed E-state index contributed by atoms with van der Waals surface area (Å²) in [6.07, 6.45) is 3.45. The molecule has 2 aromatic heterocycles. The van der Waals surface area contributed by atoms with Crippen LogP contribution in [0.3, 0.4) is 0 Å². The monoisotopic (exact) mass is 542 g/mol. The Morgan fingerprint density at radius 1 is 1.22 bits per heavy atom. The number of benzene rings is 1. The summed E-state index contributed by atoms with van der Waals surface area (Å²) in [6, 6.07) is 6.83. The first-order valence-electron chi connectivity index (χ1n) is 12.1.